The molecule has 0 spiro atoms. The molecule has 3 aromatic rings. The van der Waals surface area contributed by atoms with Crippen molar-refractivity contribution in [2.45, 2.75) is 18.2 Å². The Morgan fingerprint density at radius 1 is 1.25 bits per heavy atom. The number of sulfonamides is 1. The van der Waals surface area contributed by atoms with Crippen molar-refractivity contribution in [3.63, 3.8) is 0 Å². The van der Waals surface area contributed by atoms with Gasteiger partial charge in [-0.2, -0.15) is 5.10 Å². The molecule has 28 heavy (non-hydrogen) atoms. The molecule has 0 N–H and O–H groups in total. The maximum Gasteiger partial charge on any atom is 0.341 e. The molecule has 0 atom stereocenters. The van der Waals surface area contributed by atoms with E-state index in [4.69, 9.17) is 20.8 Å². The lowest BCUT2D eigenvalue weighted by Gasteiger charge is -2.07. The van der Waals surface area contributed by atoms with Crippen molar-refractivity contribution in [2.75, 3.05) is 14.1 Å². The molecule has 0 amide bonds. The molecular formula is C18H18ClN3O5S. The first kappa shape index (κ1) is 20.1. The summed E-state index contributed by atoms with van der Waals surface area (Å²) in [6.45, 7) is 0.217. The quantitative estimate of drug-likeness (QED) is 0.542. The number of carbonyl (C=O) groups excluding carboxylic acids is 1. The van der Waals surface area contributed by atoms with Gasteiger partial charge in [-0.1, -0.05) is 29.8 Å². The van der Waals surface area contributed by atoms with Crippen LogP contribution in [0.1, 0.15) is 21.7 Å². The monoisotopic (exact) mass is 423 g/mol. The van der Waals surface area contributed by atoms with Crippen molar-refractivity contribution in [2.24, 2.45) is 0 Å². The van der Waals surface area contributed by atoms with Gasteiger partial charge in [0, 0.05) is 25.3 Å². The molecule has 10 heteroatoms. The van der Waals surface area contributed by atoms with Crippen LogP contribution in [0.25, 0.3) is 0 Å². The lowest BCUT2D eigenvalue weighted by molar-refractivity contribution is 0.0440. The standard InChI is InChI=1S/C18H18ClN3O5S/c1-21(2)28(24,25)17-8-7-15(27-17)12-26-18(23)14-9-20-22(11-14)10-13-5-3-4-6-16(13)19/h3-9,11H,10,12H2,1-2H3. The largest absolute Gasteiger partial charge is 0.454 e. The molecule has 2 heterocycles. The van der Waals surface area contributed by atoms with E-state index in [2.05, 4.69) is 5.10 Å². The summed E-state index contributed by atoms with van der Waals surface area (Å²) >= 11 is 6.13. The van der Waals surface area contributed by atoms with Crippen molar-refractivity contribution in [3.05, 3.63) is 70.7 Å². The number of rotatable bonds is 7. The van der Waals surface area contributed by atoms with Gasteiger partial charge in [0.2, 0.25) is 5.09 Å². The summed E-state index contributed by atoms with van der Waals surface area (Å²) in [5.74, 6) is -0.379. The average Bonchev–Trinajstić information content (AvgIpc) is 3.31. The van der Waals surface area contributed by atoms with Gasteiger partial charge in [-0.05, 0) is 23.8 Å². The molecule has 1 aromatic carbocycles. The van der Waals surface area contributed by atoms with Crippen LogP contribution in [0.4, 0.5) is 0 Å². The fourth-order valence-electron chi connectivity index (χ4n) is 2.33. The Bertz CT molecular complexity index is 1090. The number of ether oxygens (including phenoxy) is 1. The molecule has 0 saturated heterocycles. The summed E-state index contributed by atoms with van der Waals surface area (Å²) < 4.78 is 37.0. The van der Waals surface area contributed by atoms with Crippen molar-refractivity contribution in [1.82, 2.24) is 14.1 Å². The minimum absolute atomic E-state index is 0.197. The summed E-state index contributed by atoms with van der Waals surface area (Å²) in [5.41, 5.74) is 1.14. The third-order valence-corrected chi connectivity index (χ3v) is 5.93. The van der Waals surface area contributed by atoms with E-state index < -0.39 is 16.0 Å². The highest BCUT2D eigenvalue weighted by atomic mass is 35.5. The zero-order valence-electron chi connectivity index (χ0n) is 15.2. The molecule has 0 aliphatic carbocycles. The van der Waals surface area contributed by atoms with Crippen LogP contribution in [0.15, 0.2) is 58.3 Å². The number of furan rings is 1. The van der Waals surface area contributed by atoms with Gasteiger partial charge in [0.25, 0.3) is 10.0 Å². The van der Waals surface area contributed by atoms with Crippen LogP contribution >= 0.6 is 11.6 Å². The van der Waals surface area contributed by atoms with E-state index in [-0.39, 0.29) is 23.0 Å². The van der Waals surface area contributed by atoms with Gasteiger partial charge in [-0.3, -0.25) is 4.68 Å². The summed E-state index contributed by atoms with van der Waals surface area (Å²) in [7, 11) is -0.873. The minimum atomic E-state index is -3.67. The zero-order valence-corrected chi connectivity index (χ0v) is 16.8. The fraction of sp³-hybridized carbons (Fsp3) is 0.222. The lowest BCUT2D eigenvalue weighted by atomic mass is 10.2. The smallest absolute Gasteiger partial charge is 0.341 e. The van der Waals surface area contributed by atoms with E-state index in [1.165, 1.54) is 32.4 Å². The summed E-state index contributed by atoms with van der Waals surface area (Å²) in [4.78, 5) is 12.2. The molecule has 148 valence electrons. The third kappa shape index (κ3) is 4.44. The van der Waals surface area contributed by atoms with Crippen LogP contribution < -0.4 is 0 Å². The molecule has 2 aromatic heterocycles. The molecule has 8 nitrogen and oxygen atoms in total. The van der Waals surface area contributed by atoms with Crippen LogP contribution in [-0.2, 0) is 27.9 Å². The Morgan fingerprint density at radius 2 is 2.00 bits per heavy atom. The number of carbonyl (C=O) groups is 1. The number of hydrogen-bond acceptors (Lipinski definition) is 6. The second kappa shape index (κ2) is 8.17. The van der Waals surface area contributed by atoms with Crippen molar-refractivity contribution in [3.8, 4) is 0 Å². The molecule has 0 saturated carbocycles. The van der Waals surface area contributed by atoms with Crippen LogP contribution in [0, 0.1) is 0 Å². The van der Waals surface area contributed by atoms with Crippen molar-refractivity contribution in [1.29, 1.82) is 0 Å². The third-order valence-electron chi connectivity index (χ3n) is 3.88. The maximum atomic E-state index is 12.2. The van der Waals surface area contributed by atoms with Crippen molar-refractivity contribution >= 4 is 27.6 Å². The number of benzene rings is 1. The van der Waals surface area contributed by atoms with Gasteiger partial charge in [-0.15, -0.1) is 0 Å². The lowest BCUT2D eigenvalue weighted by Crippen LogP contribution is -2.21. The van der Waals surface area contributed by atoms with Gasteiger partial charge in [0.15, 0.2) is 0 Å². The molecule has 0 aliphatic heterocycles. The van der Waals surface area contributed by atoms with Gasteiger partial charge < -0.3 is 9.15 Å². The van der Waals surface area contributed by atoms with Crippen LogP contribution in [-0.4, -0.2) is 42.6 Å². The van der Waals surface area contributed by atoms with E-state index in [1.54, 1.807) is 16.9 Å². The molecule has 0 bridgehead atoms. The van der Waals surface area contributed by atoms with Gasteiger partial charge in [-0.25, -0.2) is 17.5 Å². The first-order chi connectivity index (χ1) is 13.3. The number of aromatic nitrogens is 2. The van der Waals surface area contributed by atoms with E-state index in [0.717, 1.165) is 9.87 Å². The molecule has 0 aliphatic rings. The van der Waals surface area contributed by atoms with E-state index in [9.17, 15) is 13.2 Å². The molecule has 0 unspecified atom stereocenters. The Morgan fingerprint density at radius 3 is 2.71 bits per heavy atom. The highest BCUT2D eigenvalue weighted by Gasteiger charge is 2.22. The van der Waals surface area contributed by atoms with Crippen LogP contribution in [0.5, 0.6) is 0 Å². The number of hydrogen-bond donors (Lipinski definition) is 0. The highest BCUT2D eigenvalue weighted by molar-refractivity contribution is 7.88. The molecule has 3 rings (SSSR count). The highest BCUT2D eigenvalue weighted by Crippen LogP contribution is 2.18. The Balaban J connectivity index is 1.61. The number of esters is 1. The Labute approximate surface area is 167 Å². The SMILES string of the molecule is CN(C)S(=O)(=O)c1ccc(COC(=O)c2cnn(Cc3ccccc3Cl)c2)o1. The van der Waals surface area contributed by atoms with E-state index in [0.29, 0.717) is 11.6 Å². The minimum Gasteiger partial charge on any atom is -0.454 e. The molecule has 0 fully saturated rings. The maximum absolute atomic E-state index is 12.2. The predicted molar refractivity (Wildman–Crippen MR) is 101 cm³/mol. The molecular weight excluding hydrogens is 406 g/mol. The average molecular weight is 424 g/mol. The van der Waals surface area contributed by atoms with Crippen LogP contribution in [0.2, 0.25) is 5.02 Å². The van der Waals surface area contributed by atoms with Crippen LogP contribution in [0.3, 0.4) is 0 Å². The van der Waals surface area contributed by atoms with Gasteiger partial charge >= 0.3 is 5.97 Å². The second-order valence-corrected chi connectivity index (χ2v) is 8.59. The predicted octanol–water partition coefficient (Wildman–Crippen LogP) is 2.79. The van der Waals surface area contributed by atoms with Gasteiger partial charge in [0.05, 0.1) is 18.3 Å². The first-order valence-electron chi connectivity index (χ1n) is 8.21. The second-order valence-electron chi connectivity index (χ2n) is 6.10. The zero-order chi connectivity index (χ0) is 20.3. The van der Waals surface area contributed by atoms with E-state index in [1.807, 2.05) is 18.2 Å². The van der Waals surface area contributed by atoms with Crippen molar-refractivity contribution < 1.29 is 22.4 Å². The number of halogens is 1. The van der Waals surface area contributed by atoms with Gasteiger partial charge in [0.1, 0.15) is 12.4 Å². The normalized spacial score (nSPS) is 11.7. The van der Waals surface area contributed by atoms with E-state index >= 15 is 0 Å². The topological polar surface area (TPSA) is 94.6 Å². The Kier molecular flexibility index (Phi) is 5.87. The summed E-state index contributed by atoms with van der Waals surface area (Å²) in [5, 5.41) is 4.54. The fourth-order valence-corrected chi connectivity index (χ4v) is 3.34. The Hall–Kier alpha value is -2.62. The summed E-state index contributed by atoms with van der Waals surface area (Å²) in [6.07, 6.45) is 2.94. The first-order valence-corrected chi connectivity index (χ1v) is 10.0. The number of nitrogens with zero attached hydrogens (tertiary/aromatic N) is 3. The summed E-state index contributed by atoms with van der Waals surface area (Å²) in [6, 6.07) is 10.1. The molecule has 0 radical (unpaired) electrons.